The predicted octanol–water partition coefficient (Wildman–Crippen LogP) is -2.63. The highest BCUT2D eigenvalue weighted by molar-refractivity contribution is 5.68. The lowest BCUT2D eigenvalue weighted by Crippen LogP contribution is -2.66. The Kier molecular flexibility index (Phi) is 0.569. The van der Waals surface area contributed by atoms with Crippen LogP contribution in [-0.4, -0.2) is 12.0 Å². The first-order valence-corrected chi connectivity index (χ1v) is 1.53. The Morgan fingerprint density at radius 2 is 2.83 bits per heavy atom. The molecule has 6 heavy (non-hydrogen) atoms. The molecule has 1 atom stereocenters. The molecule has 0 unspecified atom stereocenters. The van der Waals surface area contributed by atoms with Crippen molar-refractivity contribution in [2.45, 2.75) is 13.0 Å². The Bertz CT molecular complexity index is 121. The van der Waals surface area contributed by atoms with E-state index in [1.807, 2.05) is 0 Å². The summed E-state index contributed by atoms with van der Waals surface area (Å²) in [5.41, 5.74) is -1.84. The van der Waals surface area contributed by atoms with Crippen molar-refractivity contribution < 1.29 is 19.8 Å². The van der Waals surface area contributed by atoms with Crippen LogP contribution >= 0.6 is 0 Å². The molecule has 36 valence electrons. The molecule has 0 radical (unpaired) electrons. The first-order valence-electron chi connectivity index (χ1n) is 2.87. The second-order valence-corrected chi connectivity index (χ2v) is 0.995. The van der Waals surface area contributed by atoms with E-state index >= 15 is 0 Å². The summed E-state index contributed by atoms with van der Waals surface area (Å²) in [4.78, 5) is 9.86. The molecule has 0 heterocycles. The van der Waals surface area contributed by atoms with Gasteiger partial charge in [0.15, 0.2) is 0 Å². The quantitative estimate of drug-likeness (QED) is 0.405. The number of hydrogen-bond acceptors (Lipinski definition) is 2. The molecule has 0 rings (SSSR count). The largest absolute Gasteiger partial charge is 0.544 e. The fourth-order valence-corrected chi connectivity index (χ4v) is 0. The molecular weight excluding hydrogens is 82.0 g/mol. The van der Waals surface area contributed by atoms with Crippen LogP contribution in [0.5, 0.6) is 0 Å². The lowest BCUT2D eigenvalue weighted by molar-refractivity contribution is -0.432. The summed E-state index contributed by atoms with van der Waals surface area (Å²) >= 11 is 0. The molecule has 3 nitrogen and oxygen atoms in total. The van der Waals surface area contributed by atoms with Gasteiger partial charge in [0.05, 0.1) is 5.97 Å². The number of aliphatic carboxylic acids is 1. The molecule has 0 aliphatic rings. The van der Waals surface area contributed by atoms with Gasteiger partial charge in [0.1, 0.15) is 6.04 Å². The predicted molar refractivity (Wildman–Crippen MR) is 17.4 cm³/mol. The SMILES string of the molecule is [2H][N+]([2H])([2H])[C@@H](C)C(=O)[O-]. The lowest BCUT2D eigenvalue weighted by atomic mass is 10.4. The summed E-state index contributed by atoms with van der Waals surface area (Å²) in [7, 11) is 0. The fourth-order valence-electron chi connectivity index (χ4n) is 0. The maximum atomic E-state index is 9.86. The standard InChI is InChI=1S/C3H7NO2/c1-2(4)3(5)6/h2H,4H2,1H3,(H,5,6)/t2-/m0/s1/i/hD3. The summed E-state index contributed by atoms with van der Waals surface area (Å²) < 4.78 is 19.6. The zero-order valence-corrected chi connectivity index (χ0v) is 3.34. The van der Waals surface area contributed by atoms with E-state index in [4.69, 9.17) is 4.24 Å². The number of carbonyl (C=O) groups excluding carboxylic acids is 1. The fraction of sp³-hybridized carbons (Fsp3) is 0.667. The first-order chi connectivity index (χ1) is 3.85. The van der Waals surface area contributed by atoms with Crippen LogP contribution in [0.15, 0.2) is 0 Å². The van der Waals surface area contributed by atoms with Crippen LogP contribution in [0.1, 0.15) is 6.92 Å². The number of rotatable bonds is 2. The van der Waals surface area contributed by atoms with Gasteiger partial charge in [-0.25, -0.2) is 0 Å². The van der Waals surface area contributed by atoms with Crippen LogP contribution in [-0.2, 0) is 4.79 Å². The van der Waals surface area contributed by atoms with E-state index in [1.54, 1.807) is 0 Å². The van der Waals surface area contributed by atoms with Crippen LogP contribution in [0.4, 0.5) is 0 Å². The Morgan fingerprint density at radius 1 is 2.33 bits per heavy atom. The average Bonchev–Trinajstić information content (AvgIpc) is 1.62. The highest BCUT2D eigenvalue weighted by Gasteiger charge is 1.92. The number of carboxylic acids is 1. The van der Waals surface area contributed by atoms with E-state index in [2.05, 4.69) is 0 Å². The van der Waals surface area contributed by atoms with Crippen LogP contribution < -0.4 is 10.8 Å². The minimum atomic E-state index is -1.84. The molecule has 0 aliphatic heterocycles. The monoisotopic (exact) mass is 92.1 g/mol. The van der Waals surface area contributed by atoms with Crippen LogP contribution in [0.2, 0.25) is 4.24 Å². The molecule has 0 fully saturated rings. The highest BCUT2D eigenvalue weighted by atomic mass is 16.4. The molecule has 0 aliphatic carbocycles. The second-order valence-electron chi connectivity index (χ2n) is 0.995. The Morgan fingerprint density at radius 3 is 2.83 bits per heavy atom. The number of carboxylic acid groups (broad SMARTS) is 1. The van der Waals surface area contributed by atoms with Gasteiger partial charge in [-0.3, -0.25) is 0 Å². The van der Waals surface area contributed by atoms with Gasteiger partial charge in [-0.05, 0) is 6.92 Å². The molecule has 0 aromatic carbocycles. The van der Waals surface area contributed by atoms with Crippen molar-refractivity contribution in [3.05, 3.63) is 0 Å². The van der Waals surface area contributed by atoms with Gasteiger partial charge in [-0.1, -0.05) is 0 Å². The van der Waals surface area contributed by atoms with E-state index in [1.165, 1.54) is 0 Å². The number of quaternary nitrogens is 1. The Labute approximate surface area is 40.2 Å². The Balaban J connectivity index is 4.04. The molecule has 0 saturated carbocycles. The molecule has 0 aromatic rings. The van der Waals surface area contributed by atoms with Crippen molar-refractivity contribution in [1.82, 2.24) is 0 Å². The zero-order chi connectivity index (χ0) is 7.65. The second kappa shape index (κ2) is 1.77. The molecule has 3 heteroatoms. The molecular formula is C3H7NO2. The molecule has 0 amide bonds. The summed E-state index contributed by atoms with van der Waals surface area (Å²) in [6, 6.07) is -1.44. The third-order valence-electron chi connectivity index (χ3n) is 0.341. The van der Waals surface area contributed by atoms with Crippen molar-refractivity contribution in [3.63, 3.8) is 0 Å². The van der Waals surface area contributed by atoms with Gasteiger partial charge in [0, 0.05) is 0 Å². The topological polar surface area (TPSA) is 67.8 Å². The minimum absolute atomic E-state index is 1.07. The summed E-state index contributed by atoms with van der Waals surface area (Å²) in [6.45, 7) is 1.07. The van der Waals surface area contributed by atoms with Crippen molar-refractivity contribution in [2.75, 3.05) is 0 Å². The third kappa shape index (κ3) is 1.72. The van der Waals surface area contributed by atoms with Gasteiger partial charge >= 0.3 is 4.24 Å². The summed E-state index contributed by atoms with van der Waals surface area (Å²) in [5.74, 6) is -1.56. The number of carbonyl (C=O) groups is 1. The lowest BCUT2D eigenvalue weighted by Gasteiger charge is -1.97. The van der Waals surface area contributed by atoms with E-state index in [9.17, 15) is 9.90 Å². The van der Waals surface area contributed by atoms with Crippen LogP contribution in [0.3, 0.4) is 0 Å². The van der Waals surface area contributed by atoms with Crippen molar-refractivity contribution >= 4 is 5.97 Å². The average molecular weight is 92.1 g/mol. The van der Waals surface area contributed by atoms with Crippen LogP contribution in [0, 0.1) is 0 Å². The maximum absolute atomic E-state index is 9.86. The third-order valence-corrected chi connectivity index (χ3v) is 0.341. The van der Waals surface area contributed by atoms with Gasteiger partial charge in [0.25, 0.3) is 0 Å². The molecule has 0 aromatic heterocycles. The molecule has 0 spiro atoms. The molecule has 3 N–H and O–H groups in total. The van der Waals surface area contributed by atoms with E-state index < -0.39 is 17.7 Å². The normalized spacial score (nSPS) is 23.2. The van der Waals surface area contributed by atoms with Crippen molar-refractivity contribution in [3.8, 4) is 0 Å². The van der Waals surface area contributed by atoms with E-state index in [0.717, 1.165) is 6.92 Å². The first kappa shape index (κ1) is 1.93. The number of hydrogen-bond donors (Lipinski definition) is 1. The maximum Gasteiger partial charge on any atom is 0.345 e. The smallest absolute Gasteiger partial charge is 0.345 e. The van der Waals surface area contributed by atoms with E-state index in [-0.39, 0.29) is 0 Å². The van der Waals surface area contributed by atoms with Gasteiger partial charge in [-0.15, -0.1) is 0 Å². The van der Waals surface area contributed by atoms with Crippen molar-refractivity contribution in [2.24, 2.45) is 0 Å². The molecule has 0 bridgehead atoms. The zero-order valence-electron chi connectivity index (χ0n) is 6.34. The van der Waals surface area contributed by atoms with Crippen LogP contribution in [0.25, 0.3) is 0 Å². The minimum Gasteiger partial charge on any atom is -0.544 e. The summed E-state index contributed by atoms with van der Waals surface area (Å²) in [5, 5.41) is 9.86. The van der Waals surface area contributed by atoms with E-state index in [0.29, 0.717) is 0 Å². The Hall–Kier alpha value is -0.570. The van der Waals surface area contributed by atoms with Gasteiger partial charge in [0.2, 0.25) is 0 Å². The van der Waals surface area contributed by atoms with Crippen molar-refractivity contribution in [1.29, 1.82) is 0 Å². The highest BCUT2D eigenvalue weighted by Crippen LogP contribution is 1.59. The summed E-state index contributed by atoms with van der Waals surface area (Å²) in [6.07, 6.45) is 0. The molecule has 0 saturated heterocycles. The van der Waals surface area contributed by atoms with Gasteiger partial charge in [-0.2, -0.15) is 0 Å². The van der Waals surface area contributed by atoms with Gasteiger partial charge < -0.3 is 15.6 Å².